The fraction of sp³-hybridized carbons (Fsp3) is 0. The summed E-state index contributed by atoms with van der Waals surface area (Å²) in [6, 6.07) is 6.92. The minimum atomic E-state index is -4.03. The molecule has 0 spiro atoms. The molecule has 0 atom stereocenters. The van der Waals surface area contributed by atoms with Crippen molar-refractivity contribution in [3.63, 3.8) is 0 Å². The molecular formula is C12H8Br2ClFN2O2S. The maximum Gasteiger partial charge on any atom is 0.264 e. The van der Waals surface area contributed by atoms with Crippen molar-refractivity contribution in [1.29, 1.82) is 0 Å². The third-order valence-corrected chi connectivity index (χ3v) is 6.02. The van der Waals surface area contributed by atoms with E-state index in [-0.39, 0.29) is 24.6 Å². The van der Waals surface area contributed by atoms with Gasteiger partial charge >= 0.3 is 0 Å². The van der Waals surface area contributed by atoms with E-state index >= 15 is 0 Å². The van der Waals surface area contributed by atoms with E-state index in [1.165, 1.54) is 30.3 Å². The number of halogens is 4. The van der Waals surface area contributed by atoms with Gasteiger partial charge in [0.2, 0.25) is 0 Å². The maximum atomic E-state index is 13.8. The van der Waals surface area contributed by atoms with Crippen molar-refractivity contribution in [2.24, 2.45) is 0 Å². The monoisotopic (exact) mass is 456 g/mol. The highest BCUT2D eigenvalue weighted by molar-refractivity contribution is 9.11. The zero-order chi connectivity index (χ0) is 15.8. The first-order valence-electron chi connectivity index (χ1n) is 5.43. The van der Waals surface area contributed by atoms with E-state index in [0.29, 0.717) is 5.69 Å². The lowest BCUT2D eigenvalue weighted by atomic mass is 10.3. The van der Waals surface area contributed by atoms with Gasteiger partial charge in [-0.2, -0.15) is 0 Å². The van der Waals surface area contributed by atoms with Gasteiger partial charge in [0.25, 0.3) is 10.0 Å². The Labute approximate surface area is 142 Å². The molecule has 3 N–H and O–H groups in total. The van der Waals surface area contributed by atoms with Gasteiger partial charge in [0, 0.05) is 14.6 Å². The highest BCUT2D eigenvalue weighted by Crippen LogP contribution is 2.34. The molecule has 0 amide bonds. The number of benzene rings is 2. The van der Waals surface area contributed by atoms with E-state index < -0.39 is 15.8 Å². The molecule has 0 heterocycles. The van der Waals surface area contributed by atoms with Crippen LogP contribution in [-0.4, -0.2) is 8.42 Å². The molecule has 0 aliphatic rings. The second-order valence-corrected chi connectivity index (χ2v) is 7.76. The molecule has 0 saturated heterocycles. The van der Waals surface area contributed by atoms with Crippen molar-refractivity contribution < 1.29 is 12.8 Å². The van der Waals surface area contributed by atoms with E-state index in [9.17, 15) is 12.8 Å². The van der Waals surface area contributed by atoms with Crippen LogP contribution in [0.1, 0.15) is 0 Å². The Bertz CT molecular complexity index is 792. The van der Waals surface area contributed by atoms with E-state index in [1.807, 2.05) is 0 Å². The van der Waals surface area contributed by atoms with Crippen molar-refractivity contribution in [3.8, 4) is 0 Å². The minimum Gasteiger partial charge on any atom is -0.399 e. The van der Waals surface area contributed by atoms with Crippen LogP contribution in [0.25, 0.3) is 0 Å². The number of nitrogens with one attached hydrogen (secondary N) is 1. The van der Waals surface area contributed by atoms with Gasteiger partial charge in [0.1, 0.15) is 4.90 Å². The van der Waals surface area contributed by atoms with Crippen LogP contribution in [0.15, 0.2) is 44.2 Å². The number of nitrogens with two attached hydrogens (primary N) is 1. The first-order valence-corrected chi connectivity index (χ1v) is 8.88. The summed E-state index contributed by atoms with van der Waals surface area (Å²) in [5.74, 6) is -0.842. The van der Waals surface area contributed by atoms with Crippen LogP contribution in [0.4, 0.5) is 15.8 Å². The van der Waals surface area contributed by atoms with Crippen LogP contribution >= 0.6 is 43.5 Å². The Kier molecular flexibility index (Phi) is 4.82. The normalized spacial score (nSPS) is 11.4. The Morgan fingerprint density at radius 3 is 2.33 bits per heavy atom. The van der Waals surface area contributed by atoms with E-state index in [2.05, 4.69) is 36.6 Å². The molecule has 2 aromatic carbocycles. The van der Waals surface area contributed by atoms with Gasteiger partial charge in [-0.15, -0.1) is 0 Å². The average molecular weight is 459 g/mol. The van der Waals surface area contributed by atoms with Gasteiger partial charge in [0.05, 0.1) is 10.7 Å². The number of nitrogen functional groups attached to an aromatic ring is 1. The van der Waals surface area contributed by atoms with Crippen molar-refractivity contribution in [3.05, 3.63) is 50.1 Å². The van der Waals surface area contributed by atoms with E-state index in [1.54, 1.807) is 0 Å². The molecule has 21 heavy (non-hydrogen) atoms. The largest absolute Gasteiger partial charge is 0.399 e. The number of rotatable bonds is 3. The summed E-state index contributed by atoms with van der Waals surface area (Å²) < 4.78 is 41.3. The van der Waals surface area contributed by atoms with Crippen molar-refractivity contribution in [2.75, 3.05) is 10.5 Å². The fourth-order valence-electron chi connectivity index (χ4n) is 1.61. The molecule has 0 saturated carbocycles. The fourth-order valence-corrected chi connectivity index (χ4v) is 5.47. The minimum absolute atomic E-state index is 0.0870. The molecule has 4 nitrogen and oxygen atoms in total. The van der Waals surface area contributed by atoms with Crippen LogP contribution < -0.4 is 10.5 Å². The lowest BCUT2D eigenvalue weighted by Gasteiger charge is -2.13. The Hall–Kier alpha value is -0.830. The van der Waals surface area contributed by atoms with Gasteiger partial charge < -0.3 is 5.73 Å². The quantitative estimate of drug-likeness (QED) is 0.671. The number of hydrogen-bond donors (Lipinski definition) is 2. The van der Waals surface area contributed by atoms with Crippen LogP contribution in [0.3, 0.4) is 0 Å². The molecule has 0 unspecified atom stereocenters. The topological polar surface area (TPSA) is 72.2 Å². The number of hydrogen-bond acceptors (Lipinski definition) is 3. The van der Waals surface area contributed by atoms with Crippen molar-refractivity contribution in [2.45, 2.75) is 4.90 Å². The smallest absolute Gasteiger partial charge is 0.264 e. The predicted molar refractivity (Wildman–Crippen MR) is 88.5 cm³/mol. The van der Waals surface area contributed by atoms with Crippen LogP contribution in [0.2, 0.25) is 5.02 Å². The van der Waals surface area contributed by atoms with Gasteiger partial charge in [-0.3, -0.25) is 4.72 Å². The summed E-state index contributed by atoms with van der Waals surface area (Å²) in [6.07, 6.45) is 0. The highest BCUT2D eigenvalue weighted by Gasteiger charge is 2.23. The summed E-state index contributed by atoms with van der Waals surface area (Å²) in [4.78, 5) is -0.0870. The van der Waals surface area contributed by atoms with Gasteiger partial charge in [-0.1, -0.05) is 17.7 Å². The standard InChI is InChI=1S/C12H8Br2ClFN2O2S/c13-7-4-6(17)5-8(14)12(7)21(19,20)18-10-3-1-2-9(15)11(10)16/h1-5,18H,17H2. The average Bonchev–Trinajstić information content (AvgIpc) is 2.33. The zero-order valence-electron chi connectivity index (χ0n) is 10.2. The summed E-state index contributed by atoms with van der Waals surface area (Å²) in [6.45, 7) is 0. The Morgan fingerprint density at radius 1 is 1.19 bits per heavy atom. The predicted octanol–water partition coefficient (Wildman–Crippen LogP) is 4.39. The van der Waals surface area contributed by atoms with Crippen molar-refractivity contribution >= 4 is 64.9 Å². The van der Waals surface area contributed by atoms with Crippen LogP contribution in [0.5, 0.6) is 0 Å². The van der Waals surface area contributed by atoms with Gasteiger partial charge in [-0.05, 0) is 56.1 Å². The lowest BCUT2D eigenvalue weighted by Crippen LogP contribution is -2.15. The summed E-state index contributed by atoms with van der Waals surface area (Å²) in [5.41, 5.74) is 5.75. The third-order valence-electron chi connectivity index (χ3n) is 2.49. The maximum absolute atomic E-state index is 13.8. The number of anilines is 2. The first-order chi connectivity index (χ1) is 9.72. The molecule has 0 bridgehead atoms. The van der Waals surface area contributed by atoms with Crippen LogP contribution in [0, 0.1) is 5.82 Å². The Morgan fingerprint density at radius 2 is 1.76 bits per heavy atom. The molecule has 0 fully saturated rings. The van der Waals surface area contributed by atoms with E-state index in [0.717, 1.165) is 0 Å². The summed E-state index contributed by atoms with van der Waals surface area (Å²) in [5, 5.41) is -0.175. The molecule has 0 aromatic heterocycles. The molecule has 2 aromatic rings. The molecule has 0 aliphatic heterocycles. The van der Waals surface area contributed by atoms with Crippen molar-refractivity contribution in [1.82, 2.24) is 0 Å². The highest BCUT2D eigenvalue weighted by atomic mass is 79.9. The molecule has 112 valence electrons. The molecule has 0 aliphatic carbocycles. The molecular weight excluding hydrogens is 450 g/mol. The zero-order valence-corrected chi connectivity index (χ0v) is 14.9. The third kappa shape index (κ3) is 3.50. The molecule has 2 rings (SSSR count). The second kappa shape index (κ2) is 6.12. The summed E-state index contributed by atoms with van der Waals surface area (Å²) in [7, 11) is -4.03. The lowest BCUT2D eigenvalue weighted by molar-refractivity contribution is 0.597. The second-order valence-electron chi connectivity index (χ2n) is 4.02. The Balaban J connectivity index is 2.51. The van der Waals surface area contributed by atoms with Crippen LogP contribution in [-0.2, 0) is 10.0 Å². The SMILES string of the molecule is Nc1cc(Br)c(S(=O)(=O)Nc2cccc(Cl)c2F)c(Br)c1. The first kappa shape index (κ1) is 16.5. The van der Waals surface area contributed by atoms with E-state index in [4.69, 9.17) is 17.3 Å². The number of sulfonamides is 1. The van der Waals surface area contributed by atoms with Gasteiger partial charge in [-0.25, -0.2) is 12.8 Å². The molecule has 0 radical (unpaired) electrons. The summed E-state index contributed by atoms with van der Waals surface area (Å²) >= 11 is 11.9. The van der Waals surface area contributed by atoms with Gasteiger partial charge in [0.15, 0.2) is 5.82 Å². The molecule has 9 heteroatoms.